The van der Waals surface area contributed by atoms with Gasteiger partial charge < -0.3 is 5.11 Å². The second-order valence-corrected chi connectivity index (χ2v) is 4.95. The Balaban J connectivity index is 1.89. The molecule has 1 saturated heterocycles. The van der Waals surface area contributed by atoms with Gasteiger partial charge in [-0.25, -0.2) is 0 Å². The molecule has 3 unspecified atom stereocenters. The maximum absolute atomic E-state index is 12.2. The van der Waals surface area contributed by atoms with Crippen LogP contribution in [0.15, 0.2) is 0 Å². The van der Waals surface area contributed by atoms with Gasteiger partial charge >= 0.3 is 0 Å². The molecule has 2 nitrogen and oxygen atoms in total. The van der Waals surface area contributed by atoms with Gasteiger partial charge in [-0.3, -0.25) is 9.29 Å². The van der Waals surface area contributed by atoms with Crippen molar-refractivity contribution in [3.63, 3.8) is 0 Å². The fourth-order valence-electron chi connectivity index (χ4n) is 3.30. The summed E-state index contributed by atoms with van der Waals surface area (Å²) in [5.74, 6) is 0.465. The van der Waals surface area contributed by atoms with E-state index in [1.54, 1.807) is 0 Å². The molecule has 3 atom stereocenters. The van der Waals surface area contributed by atoms with Gasteiger partial charge in [0, 0.05) is 18.5 Å². The van der Waals surface area contributed by atoms with Crippen LogP contribution in [0.25, 0.3) is 0 Å². The Kier molecular flexibility index (Phi) is 3.98. The molecule has 88 valence electrons. The third-order valence-electron chi connectivity index (χ3n) is 4.02. The van der Waals surface area contributed by atoms with Crippen LogP contribution in [0.3, 0.4) is 0 Å². The van der Waals surface area contributed by atoms with Gasteiger partial charge in [0.05, 0.1) is 12.8 Å². The molecule has 15 heavy (non-hydrogen) atoms. The van der Waals surface area contributed by atoms with Crippen LogP contribution in [0.4, 0.5) is 4.39 Å². The van der Waals surface area contributed by atoms with Crippen LogP contribution >= 0.6 is 0 Å². The van der Waals surface area contributed by atoms with Crippen LogP contribution < -0.4 is 0 Å². The smallest absolute Gasteiger partial charge is 0.0906 e. The predicted octanol–water partition coefficient (Wildman–Crippen LogP) is 1.97. The number of rotatable bonds is 4. The molecule has 2 aliphatic rings. The number of hydrogen-bond donors (Lipinski definition) is 1. The third-order valence-corrected chi connectivity index (χ3v) is 4.02. The molecule has 1 aliphatic heterocycles. The summed E-state index contributed by atoms with van der Waals surface area (Å²) in [6.45, 7) is 1.77. The molecule has 0 amide bonds. The molecule has 2 fully saturated rings. The van der Waals surface area contributed by atoms with Gasteiger partial charge in [-0.15, -0.1) is 0 Å². The van der Waals surface area contributed by atoms with E-state index >= 15 is 0 Å². The van der Waals surface area contributed by atoms with Gasteiger partial charge in [0.2, 0.25) is 0 Å². The fourth-order valence-corrected chi connectivity index (χ4v) is 3.30. The zero-order chi connectivity index (χ0) is 10.7. The predicted molar refractivity (Wildman–Crippen MR) is 58.5 cm³/mol. The van der Waals surface area contributed by atoms with Crippen molar-refractivity contribution >= 4 is 0 Å². The lowest BCUT2D eigenvalue weighted by atomic mass is 9.94. The third kappa shape index (κ3) is 2.51. The van der Waals surface area contributed by atoms with Crippen molar-refractivity contribution in [3.8, 4) is 0 Å². The molecule has 2 rings (SSSR count). The van der Waals surface area contributed by atoms with Crippen LogP contribution in [0, 0.1) is 5.92 Å². The van der Waals surface area contributed by atoms with Gasteiger partial charge in [-0.1, -0.05) is 6.42 Å². The summed E-state index contributed by atoms with van der Waals surface area (Å²) in [5.41, 5.74) is 0. The highest BCUT2D eigenvalue weighted by molar-refractivity contribution is 4.91. The number of halogens is 1. The number of aliphatic hydroxyl groups excluding tert-OH is 1. The van der Waals surface area contributed by atoms with Crippen LogP contribution in [0.5, 0.6) is 0 Å². The molecule has 1 N–H and O–H groups in total. The zero-order valence-electron chi connectivity index (χ0n) is 9.37. The van der Waals surface area contributed by atoms with Gasteiger partial charge in [0.1, 0.15) is 0 Å². The average molecular weight is 215 g/mol. The van der Waals surface area contributed by atoms with Crippen molar-refractivity contribution in [2.75, 3.05) is 19.8 Å². The van der Waals surface area contributed by atoms with Crippen LogP contribution in [-0.4, -0.2) is 41.9 Å². The first kappa shape index (κ1) is 11.3. The zero-order valence-corrected chi connectivity index (χ0v) is 9.37. The second kappa shape index (κ2) is 5.26. The second-order valence-electron chi connectivity index (χ2n) is 4.95. The Hall–Kier alpha value is -0.150. The van der Waals surface area contributed by atoms with Gasteiger partial charge in [-0.05, 0) is 38.6 Å². The molecule has 3 heteroatoms. The molecular formula is C12H22FNO. The van der Waals surface area contributed by atoms with E-state index in [2.05, 4.69) is 4.90 Å². The molecule has 0 aromatic heterocycles. The van der Waals surface area contributed by atoms with Crippen molar-refractivity contribution < 1.29 is 9.50 Å². The quantitative estimate of drug-likeness (QED) is 0.775. The van der Waals surface area contributed by atoms with Crippen LogP contribution in [-0.2, 0) is 0 Å². The topological polar surface area (TPSA) is 23.5 Å². The van der Waals surface area contributed by atoms with Crippen molar-refractivity contribution in [3.05, 3.63) is 0 Å². The van der Waals surface area contributed by atoms with E-state index in [4.69, 9.17) is 0 Å². The van der Waals surface area contributed by atoms with E-state index in [-0.39, 0.29) is 12.8 Å². The van der Waals surface area contributed by atoms with Crippen molar-refractivity contribution in [2.45, 2.75) is 50.7 Å². The molecule has 0 spiro atoms. The normalized spacial score (nSPS) is 37.6. The SMILES string of the molecule is OC1CCCC1C1CCCN1CCCF. The largest absolute Gasteiger partial charge is 0.393 e. The van der Waals surface area contributed by atoms with E-state index in [0.29, 0.717) is 18.4 Å². The minimum atomic E-state index is -0.212. The molecule has 0 radical (unpaired) electrons. The molecular weight excluding hydrogens is 193 g/mol. The Bertz CT molecular complexity index is 200. The average Bonchev–Trinajstić information content (AvgIpc) is 2.82. The molecule has 0 aromatic rings. The van der Waals surface area contributed by atoms with E-state index in [0.717, 1.165) is 25.9 Å². The number of alkyl halides is 1. The summed E-state index contributed by atoms with van der Waals surface area (Å²) in [7, 11) is 0. The minimum absolute atomic E-state index is 0.0963. The lowest BCUT2D eigenvalue weighted by Crippen LogP contribution is -2.39. The summed E-state index contributed by atoms with van der Waals surface area (Å²) in [4.78, 5) is 2.40. The van der Waals surface area contributed by atoms with Crippen molar-refractivity contribution in [2.24, 2.45) is 5.92 Å². The lowest BCUT2D eigenvalue weighted by molar-refractivity contribution is 0.0736. The first-order valence-corrected chi connectivity index (χ1v) is 6.31. The summed E-state index contributed by atoms with van der Waals surface area (Å²) >= 11 is 0. The van der Waals surface area contributed by atoms with E-state index in [9.17, 15) is 9.50 Å². The lowest BCUT2D eigenvalue weighted by Gasteiger charge is -2.30. The molecule has 1 aliphatic carbocycles. The standard InChI is InChI=1S/C12H22FNO/c13-7-3-9-14-8-2-5-11(14)10-4-1-6-12(10)15/h10-12,15H,1-9H2. The fraction of sp³-hybridized carbons (Fsp3) is 1.00. The number of aliphatic hydroxyl groups is 1. The van der Waals surface area contributed by atoms with Gasteiger partial charge in [0.25, 0.3) is 0 Å². The van der Waals surface area contributed by atoms with E-state index < -0.39 is 0 Å². The Morgan fingerprint density at radius 3 is 2.73 bits per heavy atom. The van der Waals surface area contributed by atoms with Crippen LogP contribution in [0.2, 0.25) is 0 Å². The maximum Gasteiger partial charge on any atom is 0.0906 e. The van der Waals surface area contributed by atoms with Crippen molar-refractivity contribution in [1.29, 1.82) is 0 Å². The Morgan fingerprint density at radius 1 is 1.20 bits per heavy atom. The highest BCUT2D eigenvalue weighted by Crippen LogP contribution is 2.35. The first-order valence-electron chi connectivity index (χ1n) is 6.31. The Labute approximate surface area is 91.5 Å². The highest BCUT2D eigenvalue weighted by atomic mass is 19.1. The van der Waals surface area contributed by atoms with Crippen molar-refractivity contribution in [1.82, 2.24) is 4.90 Å². The first-order chi connectivity index (χ1) is 7.33. The summed E-state index contributed by atoms with van der Waals surface area (Å²) < 4.78 is 12.2. The van der Waals surface area contributed by atoms with E-state index in [1.165, 1.54) is 19.3 Å². The molecule has 1 heterocycles. The monoisotopic (exact) mass is 215 g/mol. The van der Waals surface area contributed by atoms with E-state index in [1.807, 2.05) is 0 Å². The van der Waals surface area contributed by atoms with Gasteiger partial charge in [0.15, 0.2) is 0 Å². The summed E-state index contributed by atoms with van der Waals surface area (Å²) in [6, 6.07) is 0.536. The Morgan fingerprint density at radius 2 is 2.07 bits per heavy atom. The van der Waals surface area contributed by atoms with Gasteiger partial charge in [-0.2, -0.15) is 0 Å². The molecule has 1 saturated carbocycles. The molecule has 0 bridgehead atoms. The maximum atomic E-state index is 12.2. The minimum Gasteiger partial charge on any atom is -0.393 e. The number of likely N-dealkylation sites (tertiary alicyclic amines) is 1. The summed E-state index contributed by atoms with van der Waals surface area (Å²) in [6.07, 6.45) is 6.28. The molecule has 0 aromatic carbocycles. The highest BCUT2D eigenvalue weighted by Gasteiger charge is 2.37. The van der Waals surface area contributed by atoms with Crippen LogP contribution in [0.1, 0.15) is 38.5 Å². The summed E-state index contributed by atoms with van der Waals surface area (Å²) in [5, 5.41) is 9.89. The number of nitrogens with zero attached hydrogens (tertiary/aromatic N) is 1. The number of hydrogen-bond acceptors (Lipinski definition) is 2.